The summed E-state index contributed by atoms with van der Waals surface area (Å²) in [6.45, 7) is 7.39. The molecule has 0 aliphatic heterocycles. The van der Waals surface area contributed by atoms with Gasteiger partial charge in [-0.1, -0.05) is 38.5 Å². The minimum Gasteiger partial charge on any atom is -0.481 e. The van der Waals surface area contributed by atoms with E-state index < -0.39 is 17.9 Å². The minimum atomic E-state index is -0.730. The number of hydrazine groups is 1. The summed E-state index contributed by atoms with van der Waals surface area (Å²) in [5.74, 6) is -0.564. The van der Waals surface area contributed by atoms with Crippen molar-refractivity contribution in [2.75, 3.05) is 5.32 Å². The van der Waals surface area contributed by atoms with Crippen LogP contribution in [0.3, 0.4) is 0 Å². The van der Waals surface area contributed by atoms with Crippen molar-refractivity contribution in [3.8, 4) is 5.75 Å². The van der Waals surface area contributed by atoms with Crippen LogP contribution >= 0.6 is 0 Å². The van der Waals surface area contributed by atoms with Crippen LogP contribution in [0.25, 0.3) is 0 Å². The molecule has 0 fully saturated rings. The first-order chi connectivity index (χ1) is 13.8. The number of hydrogen-bond acceptors (Lipinski definition) is 4. The SMILES string of the molecule is CCC(Oc1ccc(C)cc1)C(=O)NNC(=O)c1ccc(NC(=O)C(C)C)cc1. The largest absolute Gasteiger partial charge is 0.481 e. The lowest BCUT2D eigenvalue weighted by atomic mass is 10.1. The van der Waals surface area contributed by atoms with E-state index in [1.54, 1.807) is 50.2 Å². The maximum atomic E-state index is 12.3. The average molecular weight is 397 g/mol. The molecule has 29 heavy (non-hydrogen) atoms. The zero-order valence-corrected chi connectivity index (χ0v) is 17.1. The highest BCUT2D eigenvalue weighted by Gasteiger charge is 2.19. The normalized spacial score (nSPS) is 11.5. The Morgan fingerprint density at radius 3 is 2.07 bits per heavy atom. The second-order valence-corrected chi connectivity index (χ2v) is 6.99. The first-order valence-electron chi connectivity index (χ1n) is 9.54. The third kappa shape index (κ3) is 6.64. The molecule has 2 aromatic carbocycles. The molecule has 0 heterocycles. The molecule has 0 aliphatic rings. The summed E-state index contributed by atoms with van der Waals surface area (Å²) < 4.78 is 5.69. The van der Waals surface area contributed by atoms with Gasteiger partial charge in [0.2, 0.25) is 5.91 Å². The summed E-state index contributed by atoms with van der Waals surface area (Å²) >= 11 is 0. The molecule has 3 N–H and O–H groups in total. The van der Waals surface area contributed by atoms with Crippen LogP contribution in [0.15, 0.2) is 48.5 Å². The molecule has 7 heteroatoms. The van der Waals surface area contributed by atoms with Gasteiger partial charge in [0.15, 0.2) is 6.10 Å². The molecule has 154 valence electrons. The van der Waals surface area contributed by atoms with Crippen molar-refractivity contribution >= 4 is 23.4 Å². The Morgan fingerprint density at radius 2 is 1.52 bits per heavy atom. The number of hydrogen-bond donors (Lipinski definition) is 3. The number of anilines is 1. The van der Waals surface area contributed by atoms with Crippen molar-refractivity contribution in [2.24, 2.45) is 5.92 Å². The maximum Gasteiger partial charge on any atom is 0.279 e. The standard InChI is InChI=1S/C22H27N3O4/c1-5-19(29-18-12-6-15(4)7-13-18)22(28)25-24-21(27)16-8-10-17(11-9-16)23-20(26)14(2)3/h6-14,19H,5H2,1-4H3,(H,23,26)(H,24,27)(H,25,28). The Hall–Kier alpha value is -3.35. The first kappa shape index (κ1) is 21.9. The number of amides is 3. The molecule has 0 saturated carbocycles. The highest BCUT2D eigenvalue weighted by atomic mass is 16.5. The number of carbonyl (C=O) groups excluding carboxylic acids is 3. The van der Waals surface area contributed by atoms with Gasteiger partial charge >= 0.3 is 0 Å². The van der Waals surface area contributed by atoms with Crippen LogP contribution in [0, 0.1) is 12.8 Å². The lowest BCUT2D eigenvalue weighted by molar-refractivity contribution is -0.128. The number of benzene rings is 2. The van der Waals surface area contributed by atoms with Gasteiger partial charge in [-0.25, -0.2) is 0 Å². The molecule has 2 aromatic rings. The van der Waals surface area contributed by atoms with Crippen molar-refractivity contribution in [2.45, 2.75) is 40.2 Å². The second kappa shape index (κ2) is 10.3. The van der Waals surface area contributed by atoms with Gasteiger partial charge in [-0.05, 0) is 49.7 Å². The first-order valence-corrected chi connectivity index (χ1v) is 9.54. The van der Waals surface area contributed by atoms with E-state index >= 15 is 0 Å². The van der Waals surface area contributed by atoms with Crippen LogP contribution in [0.5, 0.6) is 5.75 Å². The topological polar surface area (TPSA) is 96.5 Å². The third-order valence-electron chi connectivity index (χ3n) is 4.20. The van der Waals surface area contributed by atoms with E-state index in [-0.39, 0.29) is 11.8 Å². The molecule has 3 amide bonds. The van der Waals surface area contributed by atoms with Crippen LogP contribution in [0.4, 0.5) is 5.69 Å². The number of rotatable bonds is 7. The predicted molar refractivity (Wildman–Crippen MR) is 111 cm³/mol. The Bertz CT molecular complexity index is 845. The summed E-state index contributed by atoms with van der Waals surface area (Å²) in [7, 11) is 0. The third-order valence-corrected chi connectivity index (χ3v) is 4.20. The van der Waals surface area contributed by atoms with Gasteiger partial charge in [0, 0.05) is 17.2 Å². The summed E-state index contributed by atoms with van der Waals surface area (Å²) in [6.07, 6.45) is -0.286. The number of aryl methyl sites for hydroxylation is 1. The zero-order chi connectivity index (χ0) is 21.4. The number of carbonyl (C=O) groups is 3. The minimum absolute atomic E-state index is 0.103. The fraction of sp³-hybridized carbons (Fsp3) is 0.318. The lowest BCUT2D eigenvalue weighted by Gasteiger charge is -2.17. The van der Waals surface area contributed by atoms with E-state index in [9.17, 15) is 14.4 Å². The number of ether oxygens (including phenoxy) is 1. The molecule has 1 unspecified atom stereocenters. The molecule has 0 aliphatic carbocycles. The van der Waals surface area contributed by atoms with Gasteiger partial charge in [0.1, 0.15) is 5.75 Å². The van der Waals surface area contributed by atoms with E-state index in [2.05, 4.69) is 16.2 Å². The zero-order valence-electron chi connectivity index (χ0n) is 17.1. The Morgan fingerprint density at radius 1 is 0.897 bits per heavy atom. The van der Waals surface area contributed by atoms with Gasteiger partial charge in [0.05, 0.1) is 0 Å². The lowest BCUT2D eigenvalue weighted by Crippen LogP contribution is -2.47. The highest BCUT2D eigenvalue weighted by Crippen LogP contribution is 2.15. The summed E-state index contributed by atoms with van der Waals surface area (Å²) in [4.78, 5) is 36.3. The maximum absolute atomic E-state index is 12.3. The van der Waals surface area contributed by atoms with Crippen LogP contribution in [-0.2, 0) is 9.59 Å². The summed E-state index contributed by atoms with van der Waals surface area (Å²) in [5, 5.41) is 2.75. The molecule has 0 saturated heterocycles. The van der Waals surface area contributed by atoms with Crippen molar-refractivity contribution in [3.05, 3.63) is 59.7 Å². The van der Waals surface area contributed by atoms with Gasteiger partial charge in [-0.3, -0.25) is 25.2 Å². The van der Waals surface area contributed by atoms with Gasteiger partial charge in [-0.2, -0.15) is 0 Å². The molecule has 0 bridgehead atoms. The fourth-order valence-electron chi connectivity index (χ4n) is 2.37. The molecule has 2 rings (SSSR count). The molecule has 0 radical (unpaired) electrons. The van der Waals surface area contributed by atoms with Gasteiger partial charge in [0.25, 0.3) is 11.8 Å². The van der Waals surface area contributed by atoms with Gasteiger partial charge in [-0.15, -0.1) is 0 Å². The second-order valence-electron chi connectivity index (χ2n) is 6.99. The molecule has 0 aromatic heterocycles. The van der Waals surface area contributed by atoms with Crippen LogP contribution in [0.2, 0.25) is 0 Å². The van der Waals surface area contributed by atoms with E-state index in [4.69, 9.17) is 4.74 Å². The summed E-state index contributed by atoms with van der Waals surface area (Å²) in [5.41, 5.74) is 6.81. The van der Waals surface area contributed by atoms with Crippen LogP contribution in [0.1, 0.15) is 43.1 Å². The number of nitrogens with one attached hydrogen (secondary N) is 3. The molecular formula is C22H27N3O4. The molecule has 1 atom stereocenters. The monoisotopic (exact) mass is 397 g/mol. The van der Waals surface area contributed by atoms with E-state index in [0.29, 0.717) is 23.4 Å². The van der Waals surface area contributed by atoms with Crippen molar-refractivity contribution < 1.29 is 19.1 Å². The van der Waals surface area contributed by atoms with Crippen LogP contribution < -0.4 is 20.9 Å². The van der Waals surface area contributed by atoms with Crippen molar-refractivity contribution in [3.63, 3.8) is 0 Å². The highest BCUT2D eigenvalue weighted by molar-refractivity contribution is 5.97. The molecular weight excluding hydrogens is 370 g/mol. The predicted octanol–water partition coefficient (Wildman–Crippen LogP) is 3.21. The van der Waals surface area contributed by atoms with E-state index in [1.807, 2.05) is 26.0 Å². The Balaban J connectivity index is 1.88. The smallest absolute Gasteiger partial charge is 0.279 e. The van der Waals surface area contributed by atoms with E-state index in [0.717, 1.165) is 5.56 Å². The Labute approximate surface area is 170 Å². The quantitative estimate of drug-likeness (QED) is 0.625. The van der Waals surface area contributed by atoms with Crippen molar-refractivity contribution in [1.29, 1.82) is 0 Å². The average Bonchev–Trinajstić information content (AvgIpc) is 2.71. The Kier molecular flexibility index (Phi) is 7.77. The molecule has 7 nitrogen and oxygen atoms in total. The van der Waals surface area contributed by atoms with Gasteiger partial charge < -0.3 is 10.1 Å². The van der Waals surface area contributed by atoms with Crippen LogP contribution in [-0.4, -0.2) is 23.8 Å². The van der Waals surface area contributed by atoms with E-state index in [1.165, 1.54) is 0 Å². The molecule has 0 spiro atoms. The summed E-state index contributed by atoms with van der Waals surface area (Å²) in [6, 6.07) is 13.8. The van der Waals surface area contributed by atoms with Crippen molar-refractivity contribution in [1.82, 2.24) is 10.9 Å². The fourth-order valence-corrected chi connectivity index (χ4v) is 2.37.